The fraction of sp³-hybridized carbons (Fsp3) is 1.00. The molecular weight excluding hydrogens is 549 g/mol. The first-order valence-electron chi connectivity index (χ1n) is 7.09. The summed E-state index contributed by atoms with van der Waals surface area (Å²) < 4.78 is 0.422. The maximum atomic E-state index is 2.63. The molecule has 1 unspecified atom stereocenters. The van der Waals surface area contributed by atoms with Gasteiger partial charge < -0.3 is 0 Å². The molecular formula is C14H27I3. The Kier molecular flexibility index (Phi) is 13.5. The third kappa shape index (κ3) is 11.7. The molecule has 0 N–H and O–H groups in total. The molecule has 0 aromatic carbocycles. The Bertz CT molecular complexity index is 163. The van der Waals surface area contributed by atoms with Gasteiger partial charge in [-0.05, 0) is 18.8 Å². The van der Waals surface area contributed by atoms with Crippen molar-refractivity contribution in [2.24, 2.45) is 5.92 Å². The lowest BCUT2D eigenvalue weighted by molar-refractivity contribution is 0.442. The first-order chi connectivity index (χ1) is 8.02. The smallest absolute Gasteiger partial charge is 0.0654 e. The van der Waals surface area contributed by atoms with Gasteiger partial charge in [-0.15, -0.1) is 0 Å². The summed E-state index contributed by atoms with van der Waals surface area (Å²) in [5.41, 5.74) is 0. The maximum absolute atomic E-state index is 2.63. The van der Waals surface area contributed by atoms with Gasteiger partial charge in [0.15, 0.2) is 0 Å². The van der Waals surface area contributed by atoms with E-state index in [1.807, 2.05) is 0 Å². The van der Waals surface area contributed by atoms with E-state index in [1.54, 1.807) is 0 Å². The highest BCUT2D eigenvalue weighted by atomic mass is 127. The van der Waals surface area contributed by atoms with E-state index in [1.165, 1.54) is 64.2 Å². The molecule has 0 bridgehead atoms. The monoisotopic (exact) mass is 576 g/mol. The van der Waals surface area contributed by atoms with Gasteiger partial charge in [-0.25, -0.2) is 0 Å². The molecule has 0 aromatic heterocycles. The maximum Gasteiger partial charge on any atom is 0.127 e. The lowest BCUT2D eigenvalue weighted by Gasteiger charge is -2.25. The predicted molar refractivity (Wildman–Crippen MR) is 106 cm³/mol. The van der Waals surface area contributed by atoms with Crippen LogP contribution in [0.15, 0.2) is 0 Å². The molecule has 0 fully saturated rings. The molecule has 0 aliphatic carbocycles. The highest BCUT2D eigenvalue weighted by molar-refractivity contribution is 14.3. The molecule has 0 heterocycles. The van der Waals surface area contributed by atoms with Crippen molar-refractivity contribution >= 4 is 67.8 Å². The van der Waals surface area contributed by atoms with Gasteiger partial charge >= 0.3 is 0 Å². The van der Waals surface area contributed by atoms with E-state index in [2.05, 4.69) is 81.6 Å². The van der Waals surface area contributed by atoms with Gasteiger partial charge in [0.05, 0.1) is 0 Å². The summed E-state index contributed by atoms with van der Waals surface area (Å²) in [4.78, 5) is 0. The number of hydrogen-bond acceptors (Lipinski definition) is 0. The molecule has 0 amide bonds. The van der Waals surface area contributed by atoms with Crippen molar-refractivity contribution in [2.75, 3.05) is 0 Å². The first kappa shape index (κ1) is 19.2. The summed E-state index contributed by atoms with van der Waals surface area (Å²) in [6.07, 6.45) is 14.2. The Labute approximate surface area is 149 Å². The van der Waals surface area contributed by atoms with Crippen LogP contribution in [0.5, 0.6) is 0 Å². The van der Waals surface area contributed by atoms with Crippen molar-refractivity contribution in [3.05, 3.63) is 0 Å². The summed E-state index contributed by atoms with van der Waals surface area (Å²) in [5.74, 6) is 0.899. The Morgan fingerprint density at radius 1 is 0.706 bits per heavy atom. The van der Waals surface area contributed by atoms with Crippen LogP contribution >= 0.6 is 67.8 Å². The molecule has 0 nitrogen and oxygen atoms in total. The van der Waals surface area contributed by atoms with Crippen molar-refractivity contribution in [1.29, 1.82) is 0 Å². The van der Waals surface area contributed by atoms with Crippen LogP contribution in [0, 0.1) is 5.92 Å². The van der Waals surface area contributed by atoms with Crippen LogP contribution in [0.4, 0.5) is 0 Å². The van der Waals surface area contributed by atoms with E-state index < -0.39 is 0 Å². The topological polar surface area (TPSA) is 0 Å². The average molecular weight is 576 g/mol. The molecule has 0 rings (SSSR count). The van der Waals surface area contributed by atoms with Crippen molar-refractivity contribution in [1.82, 2.24) is 0 Å². The fourth-order valence-electron chi connectivity index (χ4n) is 2.09. The Balaban J connectivity index is 3.69. The molecule has 3 heteroatoms. The molecule has 0 saturated carbocycles. The van der Waals surface area contributed by atoms with Gasteiger partial charge in [-0.2, -0.15) is 0 Å². The summed E-state index contributed by atoms with van der Waals surface area (Å²) in [6, 6.07) is 0. The largest absolute Gasteiger partial charge is 0.127 e. The summed E-state index contributed by atoms with van der Waals surface area (Å²) in [6.45, 7) is 4.59. The number of unbranched alkanes of at least 4 members (excludes halogenated alkanes) is 6. The van der Waals surface area contributed by atoms with Gasteiger partial charge in [0.2, 0.25) is 0 Å². The highest BCUT2D eigenvalue weighted by Crippen LogP contribution is 2.47. The van der Waals surface area contributed by atoms with Gasteiger partial charge in [0.1, 0.15) is -0.565 Å². The van der Waals surface area contributed by atoms with Crippen molar-refractivity contribution in [3.63, 3.8) is 0 Å². The second kappa shape index (κ2) is 12.0. The number of rotatable bonds is 11. The first-order valence-corrected chi connectivity index (χ1v) is 10.3. The fourth-order valence-corrected chi connectivity index (χ4v) is 3.96. The Morgan fingerprint density at radius 2 is 1.18 bits per heavy atom. The Morgan fingerprint density at radius 3 is 1.71 bits per heavy atom. The predicted octanol–water partition coefficient (Wildman–Crippen LogP) is 7.50. The number of hydrogen-bond donors (Lipinski definition) is 0. The van der Waals surface area contributed by atoms with E-state index >= 15 is 0 Å². The standard InChI is InChI=1S/C14H27I3/c1-3-5-7-8-9-10-12-13(11-6-4-2)14(15,16)17/h13H,3-12H2,1-2H3. The second-order valence-corrected chi connectivity index (χ2v) is 16.2. The minimum Gasteiger partial charge on any atom is -0.0654 e. The van der Waals surface area contributed by atoms with Crippen LogP contribution in [-0.2, 0) is 0 Å². The highest BCUT2D eigenvalue weighted by Gasteiger charge is 2.28. The molecule has 0 aromatic rings. The zero-order chi connectivity index (χ0) is 13.1. The molecule has 17 heavy (non-hydrogen) atoms. The SMILES string of the molecule is CCCCCCCCC(CCCC)C(I)(I)I. The summed E-state index contributed by atoms with van der Waals surface area (Å²) in [7, 11) is 0. The summed E-state index contributed by atoms with van der Waals surface area (Å²) in [5, 5.41) is 0. The molecule has 0 spiro atoms. The molecule has 1 atom stereocenters. The molecule has 0 saturated heterocycles. The van der Waals surface area contributed by atoms with E-state index in [0.717, 1.165) is 5.92 Å². The van der Waals surface area contributed by atoms with E-state index in [-0.39, 0.29) is 0 Å². The minimum absolute atomic E-state index is 0.422. The summed E-state index contributed by atoms with van der Waals surface area (Å²) >= 11 is 7.88. The van der Waals surface area contributed by atoms with Gasteiger partial charge in [-0.3, -0.25) is 0 Å². The van der Waals surface area contributed by atoms with Crippen LogP contribution in [-0.4, -0.2) is -0.565 Å². The van der Waals surface area contributed by atoms with E-state index in [4.69, 9.17) is 0 Å². The Hall–Kier alpha value is 2.19. The van der Waals surface area contributed by atoms with Crippen LogP contribution in [0.2, 0.25) is 0 Å². The lowest BCUT2D eigenvalue weighted by Crippen LogP contribution is -2.17. The van der Waals surface area contributed by atoms with Gasteiger partial charge in [0, 0.05) is 0 Å². The van der Waals surface area contributed by atoms with E-state index in [0.29, 0.717) is -0.565 Å². The third-order valence-corrected chi connectivity index (χ3v) is 5.92. The average Bonchev–Trinajstić information content (AvgIpc) is 2.25. The molecule has 0 aliphatic rings. The quantitative estimate of drug-likeness (QED) is 0.136. The zero-order valence-corrected chi connectivity index (χ0v) is 17.8. The number of halogens is 3. The molecule has 0 aliphatic heterocycles. The lowest BCUT2D eigenvalue weighted by atomic mass is 9.97. The van der Waals surface area contributed by atoms with Crippen LogP contribution in [0.3, 0.4) is 0 Å². The van der Waals surface area contributed by atoms with Crippen LogP contribution in [0.25, 0.3) is 0 Å². The van der Waals surface area contributed by atoms with Gasteiger partial charge in [-0.1, -0.05) is 133 Å². The van der Waals surface area contributed by atoms with Gasteiger partial charge in [0.25, 0.3) is 0 Å². The second-order valence-electron chi connectivity index (χ2n) is 4.94. The zero-order valence-electron chi connectivity index (χ0n) is 11.3. The van der Waals surface area contributed by atoms with E-state index in [9.17, 15) is 0 Å². The number of alkyl halides is 3. The molecule has 0 radical (unpaired) electrons. The van der Waals surface area contributed by atoms with Crippen molar-refractivity contribution in [2.45, 2.75) is 77.5 Å². The van der Waals surface area contributed by atoms with Crippen molar-refractivity contribution in [3.8, 4) is 0 Å². The van der Waals surface area contributed by atoms with Crippen LogP contribution in [0.1, 0.15) is 78.1 Å². The molecule has 104 valence electrons. The normalized spacial score (nSPS) is 13.9. The van der Waals surface area contributed by atoms with Crippen molar-refractivity contribution < 1.29 is 0 Å². The third-order valence-electron chi connectivity index (χ3n) is 3.28. The van der Waals surface area contributed by atoms with Crippen LogP contribution < -0.4 is 0 Å². The minimum atomic E-state index is 0.422.